The number of aliphatic hydroxyl groups excluding tert-OH is 1. The second-order valence-electron chi connectivity index (χ2n) is 3.46. The summed E-state index contributed by atoms with van der Waals surface area (Å²) in [5, 5.41) is 12.2. The quantitative estimate of drug-likeness (QED) is 0.892. The highest BCUT2D eigenvalue weighted by molar-refractivity contribution is 7.99. The van der Waals surface area contributed by atoms with E-state index in [1.54, 1.807) is 35.6 Å². The number of aliphatic hydroxyl groups is 1. The molecule has 0 aliphatic rings. The van der Waals surface area contributed by atoms with Crippen molar-refractivity contribution in [1.29, 1.82) is 0 Å². The van der Waals surface area contributed by atoms with Crippen molar-refractivity contribution in [3.05, 3.63) is 29.7 Å². The number of aromatic nitrogens is 1. The monoisotopic (exact) mass is 255 g/mol. The fourth-order valence-electron chi connectivity index (χ4n) is 1.17. The summed E-state index contributed by atoms with van der Waals surface area (Å²) in [5.41, 5.74) is 2.09. The maximum Gasteiger partial charge on any atom is 0.126 e. The largest absolute Gasteiger partial charge is 0.472 e. The molecule has 0 aromatic carbocycles. The number of nitrogens with zero attached hydrogens (tertiary/aromatic N) is 1. The van der Waals surface area contributed by atoms with Gasteiger partial charge in [0.05, 0.1) is 18.6 Å². The van der Waals surface area contributed by atoms with Crippen LogP contribution in [0.15, 0.2) is 28.4 Å². The molecule has 0 bridgehead atoms. The third kappa shape index (κ3) is 2.87. The Kier molecular flexibility index (Phi) is 4.04. The van der Waals surface area contributed by atoms with Gasteiger partial charge in [-0.25, -0.2) is 4.98 Å². The number of thiazole rings is 1. The first kappa shape index (κ1) is 11.7. The van der Waals surface area contributed by atoms with Gasteiger partial charge in [-0.05, 0) is 6.07 Å². The molecule has 0 saturated heterocycles. The number of furan rings is 1. The topological polar surface area (TPSA) is 46.3 Å². The summed E-state index contributed by atoms with van der Waals surface area (Å²) < 4.78 is 5.02. The molecule has 0 aliphatic heterocycles. The maximum atomic E-state index is 8.92. The molecule has 0 radical (unpaired) electrons. The van der Waals surface area contributed by atoms with Gasteiger partial charge >= 0.3 is 0 Å². The molecular weight excluding hydrogens is 242 g/mol. The summed E-state index contributed by atoms with van der Waals surface area (Å²) in [7, 11) is 0. The second-order valence-corrected chi connectivity index (χ2v) is 5.75. The Morgan fingerprint density at radius 3 is 3.19 bits per heavy atom. The molecule has 0 unspecified atom stereocenters. The van der Waals surface area contributed by atoms with Crippen molar-refractivity contribution in [3.63, 3.8) is 0 Å². The first-order chi connectivity index (χ1) is 7.79. The highest BCUT2D eigenvalue weighted by Crippen LogP contribution is 2.26. The summed E-state index contributed by atoms with van der Waals surface area (Å²) in [5.74, 6) is 0.843. The molecule has 2 heterocycles. The van der Waals surface area contributed by atoms with Crippen LogP contribution in [0.5, 0.6) is 0 Å². The van der Waals surface area contributed by atoms with Crippen LogP contribution < -0.4 is 0 Å². The molecule has 2 aromatic heterocycles. The second kappa shape index (κ2) is 5.52. The van der Waals surface area contributed by atoms with E-state index in [0.29, 0.717) is 0 Å². The van der Waals surface area contributed by atoms with Gasteiger partial charge in [0.15, 0.2) is 0 Å². The maximum absolute atomic E-state index is 8.92. The molecule has 16 heavy (non-hydrogen) atoms. The molecule has 2 aromatic rings. The van der Waals surface area contributed by atoms with Gasteiger partial charge in [0.1, 0.15) is 11.3 Å². The number of rotatable bonds is 5. The third-order valence-electron chi connectivity index (χ3n) is 2.09. The molecule has 3 nitrogen and oxygen atoms in total. The van der Waals surface area contributed by atoms with Crippen LogP contribution in [0, 0.1) is 0 Å². The highest BCUT2D eigenvalue weighted by Gasteiger charge is 2.07. The van der Waals surface area contributed by atoms with Crippen molar-refractivity contribution in [2.45, 2.75) is 17.9 Å². The van der Waals surface area contributed by atoms with Crippen LogP contribution in [-0.4, -0.2) is 21.9 Å². The first-order valence-electron chi connectivity index (χ1n) is 4.99. The molecular formula is C11H13NO2S2. The molecule has 0 amide bonds. The van der Waals surface area contributed by atoms with Crippen molar-refractivity contribution < 1.29 is 9.52 Å². The molecule has 2 rings (SSSR count). The molecule has 1 atom stereocenters. The summed E-state index contributed by atoms with van der Waals surface area (Å²) in [6.45, 7) is 2.22. The van der Waals surface area contributed by atoms with E-state index in [0.717, 1.165) is 22.0 Å². The zero-order valence-corrected chi connectivity index (χ0v) is 10.6. The molecule has 86 valence electrons. The van der Waals surface area contributed by atoms with Gasteiger partial charge in [-0.2, -0.15) is 11.8 Å². The molecule has 1 N–H and O–H groups in total. The fourth-order valence-corrected chi connectivity index (χ4v) is 2.79. The predicted molar refractivity (Wildman–Crippen MR) is 67.7 cm³/mol. The van der Waals surface area contributed by atoms with Crippen LogP contribution in [0.25, 0.3) is 10.6 Å². The van der Waals surface area contributed by atoms with Gasteiger partial charge in [0.25, 0.3) is 0 Å². The minimum absolute atomic E-state index is 0.212. The third-order valence-corrected chi connectivity index (χ3v) is 4.21. The van der Waals surface area contributed by atoms with Gasteiger partial charge in [-0.15, -0.1) is 11.3 Å². The summed E-state index contributed by atoms with van der Waals surface area (Å²) >= 11 is 3.33. The Bertz CT molecular complexity index is 425. The van der Waals surface area contributed by atoms with Crippen LogP contribution >= 0.6 is 23.1 Å². The van der Waals surface area contributed by atoms with Crippen molar-refractivity contribution in [2.24, 2.45) is 0 Å². The molecule has 5 heteroatoms. The van der Waals surface area contributed by atoms with Crippen molar-refractivity contribution in [2.75, 3.05) is 6.61 Å². The Labute approximate surface area is 103 Å². The van der Waals surface area contributed by atoms with Gasteiger partial charge in [0.2, 0.25) is 0 Å². The van der Waals surface area contributed by atoms with E-state index < -0.39 is 0 Å². The average Bonchev–Trinajstić information content (AvgIpc) is 2.95. The predicted octanol–water partition coefficient (Wildman–Crippen LogP) is 3.02. The minimum atomic E-state index is 0.212. The zero-order chi connectivity index (χ0) is 11.4. The van der Waals surface area contributed by atoms with Gasteiger partial charge in [0, 0.05) is 21.9 Å². The number of hydrogen-bond acceptors (Lipinski definition) is 5. The SMILES string of the molecule is C[C@H](CO)SCc1csc(-c2ccoc2)n1. The van der Waals surface area contributed by atoms with Crippen LogP contribution in [0.4, 0.5) is 0 Å². The number of hydrogen-bond donors (Lipinski definition) is 1. The van der Waals surface area contributed by atoms with E-state index in [-0.39, 0.29) is 11.9 Å². The standard InChI is InChI=1S/C11H13NO2S2/c1-8(4-13)15-6-10-7-16-11(12-10)9-2-3-14-5-9/h2-3,5,7-8,13H,4,6H2,1H3/t8-/m1/s1. The van der Waals surface area contributed by atoms with Crippen molar-refractivity contribution >= 4 is 23.1 Å². The average molecular weight is 255 g/mol. The Morgan fingerprint density at radius 2 is 2.50 bits per heavy atom. The molecule has 0 saturated carbocycles. The Hall–Kier alpha value is -0.780. The van der Waals surface area contributed by atoms with E-state index >= 15 is 0 Å². The Morgan fingerprint density at radius 1 is 1.62 bits per heavy atom. The van der Waals surface area contributed by atoms with E-state index in [1.807, 2.05) is 13.0 Å². The zero-order valence-electron chi connectivity index (χ0n) is 8.92. The number of thioether (sulfide) groups is 1. The van der Waals surface area contributed by atoms with Crippen LogP contribution in [0.1, 0.15) is 12.6 Å². The van der Waals surface area contributed by atoms with E-state index in [4.69, 9.17) is 9.52 Å². The smallest absolute Gasteiger partial charge is 0.126 e. The van der Waals surface area contributed by atoms with Gasteiger partial charge in [-0.3, -0.25) is 0 Å². The van der Waals surface area contributed by atoms with E-state index in [1.165, 1.54) is 0 Å². The normalized spacial score (nSPS) is 12.9. The summed E-state index contributed by atoms with van der Waals surface area (Å²) in [6.07, 6.45) is 3.35. The van der Waals surface area contributed by atoms with E-state index in [9.17, 15) is 0 Å². The van der Waals surface area contributed by atoms with Crippen molar-refractivity contribution in [3.8, 4) is 10.6 Å². The first-order valence-corrected chi connectivity index (χ1v) is 6.92. The lowest BCUT2D eigenvalue weighted by atomic mass is 10.4. The molecule has 0 spiro atoms. The van der Waals surface area contributed by atoms with Gasteiger partial charge in [-0.1, -0.05) is 6.92 Å². The Balaban J connectivity index is 1.98. The van der Waals surface area contributed by atoms with E-state index in [2.05, 4.69) is 10.4 Å². The minimum Gasteiger partial charge on any atom is -0.472 e. The summed E-state index contributed by atoms with van der Waals surface area (Å²) in [6, 6.07) is 1.91. The van der Waals surface area contributed by atoms with Gasteiger partial charge < -0.3 is 9.52 Å². The van der Waals surface area contributed by atoms with Crippen LogP contribution in [0.3, 0.4) is 0 Å². The highest BCUT2D eigenvalue weighted by atomic mass is 32.2. The lowest BCUT2D eigenvalue weighted by Crippen LogP contribution is -2.02. The van der Waals surface area contributed by atoms with Crippen molar-refractivity contribution in [1.82, 2.24) is 4.98 Å². The van der Waals surface area contributed by atoms with Crippen LogP contribution in [0.2, 0.25) is 0 Å². The molecule has 0 fully saturated rings. The summed E-state index contributed by atoms with van der Waals surface area (Å²) in [4.78, 5) is 4.52. The molecule has 0 aliphatic carbocycles. The van der Waals surface area contributed by atoms with Crippen LogP contribution in [-0.2, 0) is 5.75 Å². The fraction of sp³-hybridized carbons (Fsp3) is 0.364. The lowest BCUT2D eigenvalue weighted by Gasteiger charge is -2.04. The lowest BCUT2D eigenvalue weighted by molar-refractivity contribution is 0.300.